The smallest absolute Gasteiger partial charge is 0.243 e. The van der Waals surface area contributed by atoms with Gasteiger partial charge in [-0.15, -0.1) is 0 Å². The van der Waals surface area contributed by atoms with Gasteiger partial charge in [-0.3, -0.25) is 9.59 Å². The second kappa shape index (κ2) is 13.2. The molecule has 40 heavy (non-hydrogen) atoms. The fourth-order valence-electron chi connectivity index (χ4n) is 4.96. The molecule has 0 saturated heterocycles. The molecule has 0 heterocycles. The summed E-state index contributed by atoms with van der Waals surface area (Å²) >= 11 is 0. The summed E-state index contributed by atoms with van der Waals surface area (Å²) in [5, 5.41) is 3.12. The summed E-state index contributed by atoms with van der Waals surface area (Å²) in [6.45, 7) is 1.42. The van der Waals surface area contributed by atoms with Crippen LogP contribution in [0.25, 0.3) is 0 Å². The van der Waals surface area contributed by atoms with Crippen LogP contribution < -0.4 is 5.32 Å². The highest BCUT2D eigenvalue weighted by molar-refractivity contribution is 7.89. The maximum Gasteiger partial charge on any atom is 0.243 e. The Hall–Kier alpha value is -3.56. The number of likely N-dealkylation sites (N-methyl/N-ethyl adjacent to an activating group) is 1. The lowest BCUT2D eigenvalue weighted by molar-refractivity contribution is -0.141. The molecule has 0 aliphatic heterocycles. The van der Waals surface area contributed by atoms with Crippen LogP contribution in [-0.4, -0.2) is 55.1 Å². The van der Waals surface area contributed by atoms with Gasteiger partial charge in [0, 0.05) is 26.1 Å². The molecule has 3 aromatic carbocycles. The van der Waals surface area contributed by atoms with E-state index in [0.29, 0.717) is 5.56 Å². The molecule has 0 spiro atoms. The summed E-state index contributed by atoms with van der Waals surface area (Å²) in [7, 11) is -2.60. The molecule has 1 aliphatic carbocycles. The zero-order valence-electron chi connectivity index (χ0n) is 22.9. The van der Waals surface area contributed by atoms with Crippen molar-refractivity contribution < 1.29 is 22.4 Å². The Kier molecular flexibility index (Phi) is 9.71. The number of nitrogens with one attached hydrogen (secondary N) is 1. The Labute approximate surface area is 236 Å². The third-order valence-corrected chi connectivity index (χ3v) is 9.14. The average Bonchev–Trinajstić information content (AvgIpc) is 3.45. The summed E-state index contributed by atoms with van der Waals surface area (Å²) < 4.78 is 41.2. The molecule has 212 valence electrons. The van der Waals surface area contributed by atoms with Crippen LogP contribution in [0.15, 0.2) is 83.8 Å². The molecule has 1 N–H and O–H groups in total. The van der Waals surface area contributed by atoms with Crippen molar-refractivity contribution in [1.29, 1.82) is 0 Å². The van der Waals surface area contributed by atoms with E-state index in [0.717, 1.165) is 41.1 Å². The third-order valence-electron chi connectivity index (χ3n) is 7.33. The van der Waals surface area contributed by atoms with E-state index in [4.69, 9.17) is 0 Å². The SMILES string of the molecule is Cc1ccc(S(=O)(=O)N(C)CC(=O)N(Cc2ccc(F)cc2)C(Cc2ccccc2)C(=O)NC2CCCC2)cc1. The number of rotatable bonds is 11. The number of sulfonamides is 1. The molecular formula is C31H36FN3O4S. The van der Waals surface area contributed by atoms with Crippen molar-refractivity contribution in [2.24, 2.45) is 0 Å². The van der Waals surface area contributed by atoms with Crippen LogP contribution in [-0.2, 0) is 32.6 Å². The second-order valence-electron chi connectivity index (χ2n) is 10.4. The summed E-state index contributed by atoms with van der Waals surface area (Å²) in [6.07, 6.45) is 4.09. The Balaban J connectivity index is 1.65. The first-order valence-corrected chi connectivity index (χ1v) is 15.0. The molecule has 2 amide bonds. The molecule has 0 bridgehead atoms. The van der Waals surface area contributed by atoms with Crippen molar-refractivity contribution >= 4 is 21.8 Å². The predicted octanol–water partition coefficient (Wildman–Crippen LogP) is 4.45. The van der Waals surface area contributed by atoms with E-state index in [2.05, 4.69) is 5.32 Å². The average molecular weight is 566 g/mol. The lowest BCUT2D eigenvalue weighted by Crippen LogP contribution is -2.54. The normalized spacial score (nSPS) is 14.7. The number of amides is 2. The van der Waals surface area contributed by atoms with Crippen molar-refractivity contribution in [1.82, 2.24) is 14.5 Å². The van der Waals surface area contributed by atoms with E-state index in [-0.39, 0.29) is 29.8 Å². The van der Waals surface area contributed by atoms with Crippen molar-refractivity contribution in [2.75, 3.05) is 13.6 Å². The number of halogens is 1. The molecule has 3 aromatic rings. The van der Waals surface area contributed by atoms with Crippen molar-refractivity contribution in [3.63, 3.8) is 0 Å². The molecule has 0 aromatic heterocycles. The summed E-state index contributed by atoms with van der Waals surface area (Å²) in [5.74, 6) is -1.22. The van der Waals surface area contributed by atoms with Gasteiger partial charge in [0.2, 0.25) is 21.8 Å². The molecule has 7 nitrogen and oxygen atoms in total. The van der Waals surface area contributed by atoms with Crippen LogP contribution in [0.3, 0.4) is 0 Å². The Morgan fingerprint density at radius 1 is 0.925 bits per heavy atom. The van der Waals surface area contributed by atoms with Gasteiger partial charge in [0.15, 0.2) is 0 Å². The monoisotopic (exact) mass is 565 g/mol. The van der Waals surface area contributed by atoms with Crippen LogP contribution in [0.5, 0.6) is 0 Å². The number of hydrogen-bond donors (Lipinski definition) is 1. The van der Waals surface area contributed by atoms with Gasteiger partial charge in [-0.05, 0) is 55.2 Å². The minimum Gasteiger partial charge on any atom is -0.352 e. The predicted molar refractivity (Wildman–Crippen MR) is 152 cm³/mol. The molecule has 1 aliphatic rings. The van der Waals surface area contributed by atoms with Crippen molar-refractivity contribution in [2.45, 2.75) is 62.6 Å². The Bertz CT molecular complexity index is 1390. The minimum absolute atomic E-state index is 0.0210. The van der Waals surface area contributed by atoms with Crippen LogP contribution in [0.1, 0.15) is 42.4 Å². The maximum atomic E-state index is 13.9. The van der Waals surface area contributed by atoms with E-state index in [9.17, 15) is 22.4 Å². The topological polar surface area (TPSA) is 86.8 Å². The molecule has 1 fully saturated rings. The van der Waals surface area contributed by atoms with Crippen molar-refractivity contribution in [3.05, 3.63) is 101 Å². The summed E-state index contributed by atoms with van der Waals surface area (Å²) in [5.41, 5.74) is 2.41. The largest absolute Gasteiger partial charge is 0.352 e. The highest BCUT2D eigenvalue weighted by Gasteiger charge is 2.34. The zero-order valence-corrected chi connectivity index (χ0v) is 23.7. The minimum atomic E-state index is -3.95. The third kappa shape index (κ3) is 7.55. The van der Waals surface area contributed by atoms with Gasteiger partial charge in [0.25, 0.3) is 0 Å². The van der Waals surface area contributed by atoms with Crippen LogP contribution in [0.2, 0.25) is 0 Å². The first-order valence-electron chi connectivity index (χ1n) is 13.5. The van der Waals surface area contributed by atoms with Crippen LogP contribution >= 0.6 is 0 Å². The number of carbonyl (C=O) groups is 2. The molecule has 9 heteroatoms. The van der Waals surface area contributed by atoms with Gasteiger partial charge in [0.1, 0.15) is 11.9 Å². The lowest BCUT2D eigenvalue weighted by atomic mass is 10.0. The zero-order chi connectivity index (χ0) is 28.7. The molecule has 1 saturated carbocycles. The number of benzene rings is 3. The fraction of sp³-hybridized carbons (Fsp3) is 0.355. The molecule has 1 atom stereocenters. The first-order chi connectivity index (χ1) is 19.1. The summed E-state index contributed by atoms with van der Waals surface area (Å²) in [6, 6.07) is 20.7. The molecular weight excluding hydrogens is 529 g/mol. The van der Waals surface area contributed by atoms with Gasteiger partial charge >= 0.3 is 0 Å². The highest BCUT2D eigenvalue weighted by Crippen LogP contribution is 2.21. The van der Waals surface area contributed by atoms with Gasteiger partial charge < -0.3 is 10.2 Å². The van der Waals surface area contributed by atoms with E-state index in [1.807, 2.05) is 37.3 Å². The van der Waals surface area contributed by atoms with Gasteiger partial charge in [-0.25, -0.2) is 12.8 Å². The molecule has 4 rings (SSSR count). The van der Waals surface area contributed by atoms with E-state index < -0.39 is 34.3 Å². The quantitative estimate of drug-likeness (QED) is 0.372. The highest BCUT2D eigenvalue weighted by atomic mass is 32.2. The Morgan fingerprint density at radius 3 is 2.17 bits per heavy atom. The van der Waals surface area contributed by atoms with Crippen molar-refractivity contribution in [3.8, 4) is 0 Å². The first kappa shape index (κ1) is 29.4. The fourth-order valence-corrected chi connectivity index (χ4v) is 6.08. The molecule has 0 radical (unpaired) electrons. The van der Waals surface area contributed by atoms with Gasteiger partial charge in [-0.2, -0.15) is 4.31 Å². The van der Waals surface area contributed by atoms with E-state index in [1.165, 1.54) is 36.2 Å². The van der Waals surface area contributed by atoms with Gasteiger partial charge in [0.05, 0.1) is 11.4 Å². The van der Waals surface area contributed by atoms with E-state index >= 15 is 0 Å². The van der Waals surface area contributed by atoms with Crippen LogP contribution in [0, 0.1) is 12.7 Å². The maximum absolute atomic E-state index is 13.9. The summed E-state index contributed by atoms with van der Waals surface area (Å²) in [4.78, 5) is 29.1. The standard InChI is InChI=1S/C31H36FN3O4S/c1-23-12-18-28(19-13-23)40(38,39)34(2)22-30(36)35(21-25-14-16-26(32)17-15-25)29(20-24-8-4-3-5-9-24)31(37)33-27-10-6-7-11-27/h3-5,8-9,12-19,27,29H,6-7,10-11,20-22H2,1-2H3,(H,33,37). The second-order valence-corrected chi connectivity index (χ2v) is 12.5. The number of carbonyl (C=O) groups excluding carboxylic acids is 2. The lowest BCUT2D eigenvalue weighted by Gasteiger charge is -2.33. The number of hydrogen-bond acceptors (Lipinski definition) is 4. The van der Waals surface area contributed by atoms with E-state index in [1.54, 1.807) is 24.3 Å². The van der Waals surface area contributed by atoms with Gasteiger partial charge in [-0.1, -0.05) is 73.0 Å². The number of nitrogens with zero attached hydrogens (tertiary/aromatic N) is 2. The number of aryl methyl sites for hydroxylation is 1. The molecule has 1 unspecified atom stereocenters. The Morgan fingerprint density at radius 2 is 1.55 bits per heavy atom. The van der Waals surface area contributed by atoms with Crippen LogP contribution in [0.4, 0.5) is 4.39 Å².